The molecule has 0 fully saturated rings. The number of hydrogen-bond acceptors (Lipinski definition) is 4. The number of aromatic nitrogens is 3. The first-order chi connectivity index (χ1) is 15.3. The number of pyridine rings is 1. The molecule has 0 unspecified atom stereocenters. The summed E-state index contributed by atoms with van der Waals surface area (Å²) in [5.41, 5.74) is 2.58. The van der Waals surface area contributed by atoms with Crippen molar-refractivity contribution in [2.45, 2.75) is 32.8 Å². The van der Waals surface area contributed by atoms with Crippen molar-refractivity contribution in [2.24, 2.45) is 0 Å². The molecule has 7 heteroatoms. The van der Waals surface area contributed by atoms with Gasteiger partial charge >= 0.3 is 0 Å². The Morgan fingerprint density at radius 2 is 1.84 bits per heavy atom. The Morgan fingerprint density at radius 1 is 1.16 bits per heavy atom. The van der Waals surface area contributed by atoms with Crippen molar-refractivity contribution >= 4 is 5.65 Å². The SMILES string of the molecule is Cc1c(-c2ccccc2)c(=O)n2nc(C(C)(C)COCc3ccc(F)cc3)[nH]c2c1C#N. The second-order valence-electron chi connectivity index (χ2n) is 8.40. The predicted octanol–water partition coefficient (Wildman–Crippen LogP) is 4.50. The number of nitrogens with one attached hydrogen (secondary N) is 1. The quantitative estimate of drug-likeness (QED) is 0.488. The normalized spacial score (nSPS) is 11.6. The second-order valence-corrected chi connectivity index (χ2v) is 8.40. The Balaban J connectivity index is 1.69. The van der Waals surface area contributed by atoms with Crippen molar-refractivity contribution in [3.8, 4) is 17.2 Å². The molecule has 0 aliphatic rings. The first-order valence-electron chi connectivity index (χ1n) is 10.3. The van der Waals surface area contributed by atoms with E-state index in [1.807, 2.05) is 44.2 Å². The van der Waals surface area contributed by atoms with Gasteiger partial charge in [-0.25, -0.2) is 4.39 Å². The molecule has 0 amide bonds. The van der Waals surface area contributed by atoms with E-state index in [1.54, 1.807) is 19.1 Å². The number of nitriles is 1. The number of benzene rings is 2. The first-order valence-corrected chi connectivity index (χ1v) is 10.3. The molecular formula is C25H23FN4O2. The molecule has 0 aliphatic carbocycles. The van der Waals surface area contributed by atoms with E-state index in [-0.39, 0.29) is 11.4 Å². The van der Waals surface area contributed by atoms with Crippen molar-refractivity contribution in [3.05, 3.63) is 93.3 Å². The molecule has 4 rings (SSSR count). The highest BCUT2D eigenvalue weighted by Crippen LogP contribution is 2.27. The van der Waals surface area contributed by atoms with Gasteiger partial charge in [0, 0.05) is 5.41 Å². The molecule has 2 aromatic carbocycles. The summed E-state index contributed by atoms with van der Waals surface area (Å²) in [5, 5.41) is 14.3. The molecule has 0 saturated carbocycles. The van der Waals surface area contributed by atoms with Crippen LogP contribution in [0.15, 0.2) is 59.4 Å². The standard InChI is InChI=1S/C25H23FN4O2/c1-16-20(13-27)22-28-24(25(2,3)15-32-14-17-9-11-19(26)12-10-17)29-30(22)23(31)21(16)18-7-5-4-6-8-18/h4-12H,14-15H2,1-3H3,(H,28,29). The molecule has 162 valence electrons. The monoisotopic (exact) mass is 430 g/mol. The van der Waals surface area contributed by atoms with Crippen LogP contribution in [0.1, 0.15) is 36.4 Å². The van der Waals surface area contributed by atoms with Gasteiger partial charge in [0.1, 0.15) is 17.7 Å². The first kappa shape index (κ1) is 21.5. The minimum atomic E-state index is -0.563. The third kappa shape index (κ3) is 3.93. The van der Waals surface area contributed by atoms with Crippen molar-refractivity contribution < 1.29 is 9.13 Å². The number of nitrogens with zero attached hydrogens (tertiary/aromatic N) is 3. The van der Waals surface area contributed by atoms with Crippen LogP contribution in [0.25, 0.3) is 16.8 Å². The lowest BCUT2D eigenvalue weighted by Crippen LogP contribution is -2.26. The summed E-state index contributed by atoms with van der Waals surface area (Å²) in [4.78, 5) is 16.5. The number of aromatic amines is 1. The smallest absolute Gasteiger partial charge is 0.281 e. The van der Waals surface area contributed by atoms with Gasteiger partial charge in [-0.1, -0.05) is 56.3 Å². The van der Waals surface area contributed by atoms with E-state index >= 15 is 0 Å². The fourth-order valence-corrected chi connectivity index (χ4v) is 3.68. The summed E-state index contributed by atoms with van der Waals surface area (Å²) in [6.07, 6.45) is 0. The minimum absolute atomic E-state index is 0.284. The van der Waals surface area contributed by atoms with E-state index in [0.29, 0.717) is 41.4 Å². The Labute approximate surface area is 184 Å². The third-order valence-electron chi connectivity index (χ3n) is 5.50. The number of H-pyrrole nitrogens is 1. The zero-order valence-electron chi connectivity index (χ0n) is 18.1. The number of fused-ring (bicyclic) bond motifs is 1. The molecule has 0 spiro atoms. The zero-order chi connectivity index (χ0) is 22.9. The van der Waals surface area contributed by atoms with Crippen LogP contribution >= 0.6 is 0 Å². The molecule has 0 atom stereocenters. The van der Waals surface area contributed by atoms with E-state index in [1.165, 1.54) is 16.6 Å². The Kier molecular flexibility index (Phi) is 5.64. The van der Waals surface area contributed by atoms with Crippen LogP contribution < -0.4 is 5.56 Å². The predicted molar refractivity (Wildman–Crippen MR) is 120 cm³/mol. The highest BCUT2D eigenvalue weighted by Gasteiger charge is 2.28. The topological polar surface area (TPSA) is 83.2 Å². The maximum atomic E-state index is 13.3. The lowest BCUT2D eigenvalue weighted by Gasteiger charge is -2.21. The third-order valence-corrected chi connectivity index (χ3v) is 5.50. The second kappa shape index (κ2) is 8.40. The molecular weight excluding hydrogens is 407 g/mol. The summed E-state index contributed by atoms with van der Waals surface area (Å²) in [6, 6.07) is 17.6. The summed E-state index contributed by atoms with van der Waals surface area (Å²) >= 11 is 0. The summed E-state index contributed by atoms with van der Waals surface area (Å²) < 4.78 is 20.2. The molecule has 32 heavy (non-hydrogen) atoms. The number of ether oxygens (including phenoxy) is 1. The fourth-order valence-electron chi connectivity index (χ4n) is 3.68. The van der Waals surface area contributed by atoms with Gasteiger partial charge in [0.25, 0.3) is 5.56 Å². The zero-order valence-corrected chi connectivity index (χ0v) is 18.1. The molecule has 2 aromatic heterocycles. The van der Waals surface area contributed by atoms with Gasteiger partial charge in [0.05, 0.1) is 24.3 Å². The van der Waals surface area contributed by atoms with Gasteiger partial charge in [-0.05, 0) is 35.7 Å². The van der Waals surface area contributed by atoms with Crippen molar-refractivity contribution in [3.63, 3.8) is 0 Å². The molecule has 0 saturated heterocycles. The molecule has 4 aromatic rings. The number of rotatable bonds is 6. The van der Waals surface area contributed by atoms with Crippen molar-refractivity contribution in [1.29, 1.82) is 5.26 Å². The average molecular weight is 430 g/mol. The van der Waals surface area contributed by atoms with E-state index in [2.05, 4.69) is 16.2 Å². The van der Waals surface area contributed by atoms with Gasteiger partial charge in [-0.3, -0.25) is 4.79 Å². The van der Waals surface area contributed by atoms with E-state index < -0.39 is 5.41 Å². The van der Waals surface area contributed by atoms with Crippen LogP contribution in [0, 0.1) is 24.1 Å². The Bertz CT molecular complexity index is 1360. The molecule has 2 heterocycles. The van der Waals surface area contributed by atoms with Gasteiger partial charge < -0.3 is 9.72 Å². The molecule has 0 aliphatic heterocycles. The summed E-state index contributed by atoms with van der Waals surface area (Å²) in [5.74, 6) is 0.245. The van der Waals surface area contributed by atoms with Crippen LogP contribution in [0.3, 0.4) is 0 Å². The summed E-state index contributed by atoms with van der Waals surface area (Å²) in [7, 11) is 0. The highest BCUT2D eigenvalue weighted by molar-refractivity contribution is 5.74. The maximum absolute atomic E-state index is 13.3. The van der Waals surface area contributed by atoms with E-state index in [9.17, 15) is 14.4 Å². The number of hydrogen-bond donors (Lipinski definition) is 1. The van der Waals surface area contributed by atoms with Gasteiger partial charge in [0.15, 0.2) is 5.65 Å². The Hall–Kier alpha value is -3.76. The fraction of sp³-hybridized carbons (Fsp3) is 0.240. The highest BCUT2D eigenvalue weighted by atomic mass is 19.1. The van der Waals surface area contributed by atoms with Crippen LogP contribution in [0.4, 0.5) is 4.39 Å². The van der Waals surface area contributed by atoms with Crippen molar-refractivity contribution in [2.75, 3.05) is 6.61 Å². The largest absolute Gasteiger partial charge is 0.376 e. The Morgan fingerprint density at radius 3 is 2.50 bits per heavy atom. The minimum Gasteiger partial charge on any atom is -0.376 e. The van der Waals surface area contributed by atoms with Crippen LogP contribution in [-0.2, 0) is 16.8 Å². The lowest BCUT2D eigenvalue weighted by molar-refractivity contribution is 0.0797. The molecule has 6 nitrogen and oxygen atoms in total. The van der Waals surface area contributed by atoms with Gasteiger partial charge in [-0.15, -0.1) is 5.10 Å². The van der Waals surface area contributed by atoms with E-state index in [0.717, 1.165) is 11.1 Å². The molecule has 0 radical (unpaired) electrons. The average Bonchev–Trinajstić information content (AvgIpc) is 3.23. The van der Waals surface area contributed by atoms with Gasteiger partial charge in [0.2, 0.25) is 0 Å². The van der Waals surface area contributed by atoms with Crippen LogP contribution in [-0.4, -0.2) is 21.2 Å². The van der Waals surface area contributed by atoms with E-state index in [4.69, 9.17) is 4.74 Å². The molecule has 1 N–H and O–H groups in total. The maximum Gasteiger partial charge on any atom is 0.281 e. The van der Waals surface area contributed by atoms with Crippen molar-refractivity contribution in [1.82, 2.24) is 14.6 Å². The van der Waals surface area contributed by atoms with Gasteiger partial charge in [-0.2, -0.15) is 9.78 Å². The lowest BCUT2D eigenvalue weighted by atomic mass is 9.94. The van der Waals surface area contributed by atoms with Crippen LogP contribution in [0.2, 0.25) is 0 Å². The summed E-state index contributed by atoms with van der Waals surface area (Å²) in [6.45, 7) is 6.30. The number of halogens is 1. The van der Waals surface area contributed by atoms with Crippen LogP contribution in [0.5, 0.6) is 0 Å². The molecule has 0 bridgehead atoms.